The van der Waals surface area contributed by atoms with E-state index in [4.69, 9.17) is 6.42 Å². The van der Waals surface area contributed by atoms with Crippen molar-refractivity contribution in [3.05, 3.63) is 36.2 Å². The molecule has 0 aliphatic rings. The summed E-state index contributed by atoms with van der Waals surface area (Å²) < 4.78 is 0. The van der Waals surface area contributed by atoms with Crippen molar-refractivity contribution in [2.75, 3.05) is 11.9 Å². The third-order valence-corrected chi connectivity index (χ3v) is 2.43. The number of para-hydroxylation sites is 1. The molecule has 1 aromatic heterocycles. The van der Waals surface area contributed by atoms with E-state index >= 15 is 0 Å². The maximum atomic E-state index is 5.42. The molecule has 0 atom stereocenters. The van der Waals surface area contributed by atoms with Gasteiger partial charge >= 0.3 is 0 Å². The van der Waals surface area contributed by atoms with Crippen molar-refractivity contribution in [3.63, 3.8) is 0 Å². The lowest BCUT2D eigenvalue weighted by Gasteiger charge is -2.13. The van der Waals surface area contributed by atoms with E-state index < -0.39 is 0 Å². The Morgan fingerprint density at radius 1 is 1.29 bits per heavy atom. The average molecular weight is 223 g/mol. The number of anilines is 1. The quantitative estimate of drug-likeness (QED) is 0.579. The molecule has 17 heavy (non-hydrogen) atoms. The van der Waals surface area contributed by atoms with Crippen molar-refractivity contribution in [1.82, 2.24) is 9.97 Å². The van der Waals surface area contributed by atoms with Crippen LogP contribution in [0.2, 0.25) is 0 Å². The standard InChI is InChI=1S/C14H13N3/c1-4-8-13-15-12-10-7-6-9-11(12)14(16-13)17(3)5-2/h2,4,6-10H,1,3H3. The maximum absolute atomic E-state index is 5.42. The van der Waals surface area contributed by atoms with E-state index in [1.165, 1.54) is 0 Å². The summed E-state index contributed by atoms with van der Waals surface area (Å²) in [4.78, 5) is 10.6. The van der Waals surface area contributed by atoms with Gasteiger partial charge in [0.1, 0.15) is 0 Å². The smallest absolute Gasteiger partial charge is 0.154 e. The van der Waals surface area contributed by atoms with Gasteiger partial charge in [-0.15, -0.1) is 0 Å². The summed E-state index contributed by atoms with van der Waals surface area (Å²) in [6, 6.07) is 10.4. The molecule has 3 heteroatoms. The second-order valence-corrected chi connectivity index (χ2v) is 3.61. The van der Waals surface area contributed by atoms with Gasteiger partial charge in [0, 0.05) is 18.5 Å². The van der Waals surface area contributed by atoms with Crippen LogP contribution < -0.4 is 4.90 Å². The third-order valence-electron chi connectivity index (χ3n) is 2.43. The van der Waals surface area contributed by atoms with Gasteiger partial charge in [-0.05, 0) is 25.1 Å². The van der Waals surface area contributed by atoms with E-state index in [0.29, 0.717) is 5.82 Å². The van der Waals surface area contributed by atoms with Gasteiger partial charge < -0.3 is 0 Å². The predicted molar refractivity (Wildman–Crippen MR) is 71.5 cm³/mol. The molecule has 0 spiro atoms. The SMILES string of the molecule is C#CN(C)c1nc(C=CC)nc2ccccc12. The molecule has 0 N–H and O–H groups in total. The molecular weight excluding hydrogens is 210 g/mol. The third kappa shape index (κ3) is 2.11. The molecule has 1 aromatic carbocycles. The highest BCUT2D eigenvalue weighted by molar-refractivity contribution is 5.90. The van der Waals surface area contributed by atoms with E-state index in [9.17, 15) is 0 Å². The van der Waals surface area contributed by atoms with Crippen LogP contribution in [0.3, 0.4) is 0 Å². The Kier molecular flexibility index (Phi) is 3.06. The fraction of sp³-hybridized carbons (Fsp3) is 0.143. The van der Waals surface area contributed by atoms with E-state index in [0.717, 1.165) is 16.7 Å². The second kappa shape index (κ2) is 4.67. The van der Waals surface area contributed by atoms with Crippen molar-refractivity contribution in [1.29, 1.82) is 0 Å². The Morgan fingerprint density at radius 3 is 2.76 bits per heavy atom. The minimum absolute atomic E-state index is 0.670. The van der Waals surface area contributed by atoms with Crippen LogP contribution in [0.15, 0.2) is 30.3 Å². The predicted octanol–water partition coefficient (Wildman–Crippen LogP) is 2.69. The van der Waals surface area contributed by atoms with Crippen LogP contribution in [0.1, 0.15) is 12.7 Å². The van der Waals surface area contributed by atoms with Gasteiger partial charge in [0.15, 0.2) is 11.6 Å². The molecule has 0 aliphatic carbocycles. The van der Waals surface area contributed by atoms with E-state index in [1.807, 2.05) is 50.4 Å². The molecule has 2 aromatic rings. The van der Waals surface area contributed by atoms with Crippen LogP contribution in [0.4, 0.5) is 5.82 Å². The second-order valence-electron chi connectivity index (χ2n) is 3.61. The molecule has 0 fully saturated rings. The van der Waals surface area contributed by atoms with Crippen LogP contribution in [-0.2, 0) is 0 Å². The molecule has 0 bridgehead atoms. The zero-order valence-electron chi connectivity index (χ0n) is 9.88. The Hall–Kier alpha value is -2.34. The molecule has 84 valence electrons. The summed E-state index contributed by atoms with van der Waals surface area (Å²) in [5.74, 6) is 1.43. The zero-order valence-corrected chi connectivity index (χ0v) is 9.88. The highest BCUT2D eigenvalue weighted by Crippen LogP contribution is 2.22. The molecule has 0 amide bonds. The normalized spacial score (nSPS) is 10.6. The molecule has 2 rings (SSSR count). The Labute approximate surface area is 101 Å². The van der Waals surface area contributed by atoms with Crippen molar-refractivity contribution >= 4 is 22.8 Å². The maximum Gasteiger partial charge on any atom is 0.154 e. The molecular formula is C14H13N3. The number of nitrogens with zero attached hydrogens (tertiary/aromatic N) is 3. The minimum Gasteiger partial charge on any atom is -0.288 e. The molecule has 1 heterocycles. The first-order valence-electron chi connectivity index (χ1n) is 5.35. The Bertz CT molecular complexity index is 608. The number of hydrogen-bond donors (Lipinski definition) is 0. The molecule has 0 aliphatic heterocycles. The number of hydrogen-bond acceptors (Lipinski definition) is 3. The van der Waals surface area contributed by atoms with Gasteiger partial charge in [-0.1, -0.05) is 24.6 Å². The number of rotatable bonds is 2. The van der Waals surface area contributed by atoms with Crippen molar-refractivity contribution in [3.8, 4) is 12.5 Å². The van der Waals surface area contributed by atoms with E-state index in [2.05, 4.69) is 16.0 Å². The van der Waals surface area contributed by atoms with Crippen molar-refractivity contribution in [2.45, 2.75) is 6.92 Å². The van der Waals surface area contributed by atoms with E-state index in [-0.39, 0.29) is 0 Å². The van der Waals surface area contributed by atoms with Gasteiger partial charge in [0.2, 0.25) is 0 Å². The van der Waals surface area contributed by atoms with Crippen LogP contribution in [0.25, 0.3) is 17.0 Å². The van der Waals surface area contributed by atoms with Crippen molar-refractivity contribution in [2.24, 2.45) is 0 Å². The average Bonchev–Trinajstić information content (AvgIpc) is 2.37. The van der Waals surface area contributed by atoms with E-state index in [1.54, 1.807) is 4.90 Å². The lowest BCUT2D eigenvalue weighted by Crippen LogP contribution is -2.11. The van der Waals surface area contributed by atoms with Crippen molar-refractivity contribution < 1.29 is 0 Å². The Morgan fingerprint density at radius 2 is 2.06 bits per heavy atom. The topological polar surface area (TPSA) is 29.0 Å². The molecule has 0 saturated heterocycles. The molecule has 0 saturated carbocycles. The first-order chi connectivity index (χ1) is 8.26. The number of benzene rings is 1. The van der Waals surface area contributed by atoms with Gasteiger partial charge in [-0.2, -0.15) is 0 Å². The summed E-state index contributed by atoms with van der Waals surface area (Å²) in [7, 11) is 1.81. The summed E-state index contributed by atoms with van der Waals surface area (Å²) in [6.07, 6.45) is 9.18. The first kappa shape index (κ1) is 11.2. The molecule has 3 nitrogen and oxygen atoms in total. The van der Waals surface area contributed by atoms with Crippen LogP contribution in [0.5, 0.6) is 0 Å². The summed E-state index contributed by atoms with van der Waals surface area (Å²) in [5, 5.41) is 0.959. The van der Waals surface area contributed by atoms with Gasteiger partial charge in [-0.3, -0.25) is 4.90 Å². The van der Waals surface area contributed by atoms with Crippen LogP contribution in [0, 0.1) is 12.5 Å². The number of fused-ring (bicyclic) bond motifs is 1. The molecule has 0 radical (unpaired) electrons. The van der Waals surface area contributed by atoms with Crippen LogP contribution >= 0.6 is 0 Å². The lowest BCUT2D eigenvalue weighted by molar-refractivity contribution is 1.11. The summed E-state index contributed by atoms with van der Waals surface area (Å²) in [5.41, 5.74) is 0.896. The monoisotopic (exact) mass is 223 g/mol. The number of terminal acetylenes is 1. The van der Waals surface area contributed by atoms with Gasteiger partial charge in [0.25, 0.3) is 0 Å². The molecule has 0 unspecified atom stereocenters. The first-order valence-corrected chi connectivity index (χ1v) is 5.35. The summed E-state index contributed by atoms with van der Waals surface area (Å²) >= 11 is 0. The fourth-order valence-electron chi connectivity index (χ4n) is 1.62. The highest BCUT2D eigenvalue weighted by atomic mass is 15.2. The Balaban J connectivity index is 2.74. The fourth-order valence-corrected chi connectivity index (χ4v) is 1.62. The largest absolute Gasteiger partial charge is 0.288 e. The minimum atomic E-state index is 0.670. The number of allylic oxidation sites excluding steroid dienone is 1. The zero-order chi connectivity index (χ0) is 12.3. The van der Waals surface area contributed by atoms with Gasteiger partial charge in [-0.25, -0.2) is 9.97 Å². The summed E-state index contributed by atoms with van der Waals surface area (Å²) in [6.45, 7) is 1.93. The van der Waals surface area contributed by atoms with Crippen LogP contribution in [-0.4, -0.2) is 17.0 Å². The number of aromatic nitrogens is 2. The van der Waals surface area contributed by atoms with Gasteiger partial charge in [0.05, 0.1) is 5.52 Å². The lowest BCUT2D eigenvalue weighted by atomic mass is 10.2. The highest BCUT2D eigenvalue weighted by Gasteiger charge is 2.08.